The van der Waals surface area contributed by atoms with Gasteiger partial charge in [0.25, 0.3) is 0 Å². The number of ether oxygens (including phenoxy) is 2. The topological polar surface area (TPSA) is 105 Å². The van der Waals surface area contributed by atoms with E-state index in [0.29, 0.717) is 35.7 Å². The summed E-state index contributed by atoms with van der Waals surface area (Å²) in [6.45, 7) is 1.63. The van der Waals surface area contributed by atoms with E-state index in [2.05, 4.69) is 16.4 Å². The fraction of sp³-hybridized carbons (Fsp3) is 0.440. The minimum absolute atomic E-state index is 0.0107. The molecule has 0 spiro atoms. The quantitative estimate of drug-likeness (QED) is 0.708. The van der Waals surface area contributed by atoms with E-state index >= 15 is 4.39 Å². The van der Waals surface area contributed by atoms with E-state index in [-0.39, 0.29) is 36.8 Å². The predicted molar refractivity (Wildman–Crippen MR) is 118 cm³/mol. The molecule has 174 valence electrons. The first kappa shape index (κ1) is 21.1. The number of nitrogens with one attached hydrogen (secondary N) is 1. The summed E-state index contributed by atoms with van der Waals surface area (Å²) < 4.78 is 25.8. The maximum Gasteiger partial charge on any atom is 0.414 e. The number of amides is 2. The van der Waals surface area contributed by atoms with E-state index in [1.54, 1.807) is 30.5 Å². The van der Waals surface area contributed by atoms with Crippen molar-refractivity contribution in [2.24, 2.45) is 17.8 Å². The lowest BCUT2D eigenvalue weighted by Gasteiger charge is -2.15. The molecule has 3 heterocycles. The van der Waals surface area contributed by atoms with E-state index in [1.165, 1.54) is 11.0 Å². The number of benzene rings is 1. The van der Waals surface area contributed by atoms with Crippen LogP contribution in [0.2, 0.25) is 0 Å². The van der Waals surface area contributed by atoms with Gasteiger partial charge >= 0.3 is 6.09 Å². The molecule has 9 heteroatoms. The number of carbonyl (C=O) groups excluding carboxylic acids is 2. The molecule has 0 radical (unpaired) electrons. The molecular formula is C25H23FN4O4. The number of nitrogens with zero attached hydrogens (tertiary/aromatic N) is 3. The molecule has 2 saturated heterocycles. The van der Waals surface area contributed by atoms with Crippen molar-refractivity contribution in [1.82, 2.24) is 10.3 Å². The largest absolute Gasteiger partial charge is 0.442 e. The summed E-state index contributed by atoms with van der Waals surface area (Å²) in [7, 11) is 0. The number of carbonyl (C=O) groups is 2. The number of hydrogen-bond donors (Lipinski definition) is 1. The Labute approximate surface area is 195 Å². The number of aromatic nitrogens is 1. The second kappa shape index (κ2) is 7.77. The maximum atomic E-state index is 15.0. The van der Waals surface area contributed by atoms with Gasteiger partial charge in [-0.1, -0.05) is 6.07 Å². The van der Waals surface area contributed by atoms with Gasteiger partial charge < -0.3 is 14.8 Å². The summed E-state index contributed by atoms with van der Waals surface area (Å²) >= 11 is 0. The highest BCUT2D eigenvalue weighted by molar-refractivity contribution is 5.90. The summed E-state index contributed by atoms with van der Waals surface area (Å²) in [5.74, 6) is -0.0573. The molecule has 2 aromatic rings. The highest BCUT2D eigenvalue weighted by atomic mass is 19.1. The third-order valence-electron chi connectivity index (χ3n) is 7.41. The second-order valence-electron chi connectivity index (χ2n) is 9.46. The Morgan fingerprint density at radius 1 is 1.26 bits per heavy atom. The molecule has 6 rings (SSSR count). The molecule has 2 unspecified atom stereocenters. The first-order valence-electron chi connectivity index (χ1n) is 11.5. The minimum atomic E-state index is -0.593. The SMILES string of the molecule is N#CC1(c2ccc(-c3ccc(N4C[C@H](CNC(=O)C5CC5)OC4=O)cc3F)cn2)C2COCC21. The van der Waals surface area contributed by atoms with Gasteiger partial charge in [0.2, 0.25) is 5.91 Å². The molecule has 1 aromatic carbocycles. The third kappa shape index (κ3) is 3.32. The lowest BCUT2D eigenvalue weighted by molar-refractivity contribution is -0.122. The first-order valence-corrected chi connectivity index (χ1v) is 11.5. The van der Waals surface area contributed by atoms with E-state index < -0.39 is 23.4 Å². The van der Waals surface area contributed by atoms with Gasteiger partial charge in [-0.25, -0.2) is 9.18 Å². The minimum Gasteiger partial charge on any atom is -0.442 e. The van der Waals surface area contributed by atoms with E-state index in [9.17, 15) is 14.9 Å². The average Bonchev–Trinajstić information content (AvgIpc) is 3.70. The highest BCUT2D eigenvalue weighted by Crippen LogP contribution is 2.62. The van der Waals surface area contributed by atoms with Crippen molar-refractivity contribution in [3.05, 3.63) is 48.0 Å². The molecular weight excluding hydrogens is 439 g/mol. The zero-order valence-corrected chi connectivity index (χ0v) is 18.4. The molecule has 34 heavy (non-hydrogen) atoms. The van der Waals surface area contributed by atoms with Gasteiger partial charge in [-0.05, 0) is 37.1 Å². The molecule has 2 aliphatic carbocycles. The van der Waals surface area contributed by atoms with Crippen LogP contribution in [0.25, 0.3) is 11.1 Å². The van der Waals surface area contributed by atoms with Gasteiger partial charge in [-0.15, -0.1) is 0 Å². The monoisotopic (exact) mass is 462 g/mol. The van der Waals surface area contributed by atoms with Crippen molar-refractivity contribution in [3.63, 3.8) is 0 Å². The van der Waals surface area contributed by atoms with Crippen LogP contribution in [-0.2, 0) is 19.7 Å². The molecule has 2 aliphatic heterocycles. The van der Waals surface area contributed by atoms with Crippen LogP contribution >= 0.6 is 0 Å². The molecule has 3 atom stereocenters. The van der Waals surface area contributed by atoms with Crippen molar-refractivity contribution in [3.8, 4) is 17.2 Å². The molecule has 8 nitrogen and oxygen atoms in total. The summed E-state index contributed by atoms with van der Waals surface area (Å²) in [5, 5.41) is 12.5. The van der Waals surface area contributed by atoms with Crippen LogP contribution in [0, 0.1) is 34.9 Å². The fourth-order valence-corrected chi connectivity index (χ4v) is 5.21. The first-order chi connectivity index (χ1) is 16.5. The summed E-state index contributed by atoms with van der Waals surface area (Å²) in [4.78, 5) is 30.0. The maximum absolute atomic E-state index is 15.0. The van der Waals surface area contributed by atoms with Crippen LogP contribution in [0.15, 0.2) is 36.5 Å². The number of cyclic esters (lactones) is 1. The molecule has 2 saturated carbocycles. The molecule has 1 N–H and O–H groups in total. The average molecular weight is 462 g/mol. The fourth-order valence-electron chi connectivity index (χ4n) is 5.21. The lowest BCUT2D eigenvalue weighted by Crippen LogP contribution is -2.35. The molecule has 4 fully saturated rings. The van der Waals surface area contributed by atoms with Crippen LogP contribution in [0.3, 0.4) is 0 Å². The number of anilines is 1. The Bertz CT molecular complexity index is 1200. The van der Waals surface area contributed by atoms with E-state index in [4.69, 9.17) is 9.47 Å². The molecule has 1 aromatic heterocycles. The van der Waals surface area contributed by atoms with Crippen molar-refractivity contribution >= 4 is 17.7 Å². The lowest BCUT2D eigenvalue weighted by atomic mass is 9.96. The van der Waals surface area contributed by atoms with Gasteiger partial charge in [-0.2, -0.15) is 5.26 Å². The van der Waals surface area contributed by atoms with Crippen LogP contribution in [0.5, 0.6) is 0 Å². The summed E-state index contributed by atoms with van der Waals surface area (Å²) in [6.07, 6.45) is 2.35. The summed E-state index contributed by atoms with van der Waals surface area (Å²) in [6, 6.07) is 10.6. The Morgan fingerprint density at radius 3 is 2.71 bits per heavy atom. The number of hydrogen-bond acceptors (Lipinski definition) is 6. The number of fused-ring (bicyclic) bond motifs is 1. The van der Waals surface area contributed by atoms with Crippen LogP contribution in [-0.4, -0.2) is 49.4 Å². The normalized spacial score (nSPS) is 29.4. The van der Waals surface area contributed by atoms with E-state index in [0.717, 1.165) is 12.8 Å². The predicted octanol–water partition coefficient (Wildman–Crippen LogP) is 2.78. The van der Waals surface area contributed by atoms with Crippen LogP contribution in [0.4, 0.5) is 14.9 Å². The zero-order valence-electron chi connectivity index (χ0n) is 18.4. The van der Waals surface area contributed by atoms with Gasteiger partial charge in [0.15, 0.2) is 0 Å². The Morgan fingerprint density at radius 2 is 2.06 bits per heavy atom. The second-order valence-corrected chi connectivity index (χ2v) is 9.46. The molecule has 4 aliphatic rings. The van der Waals surface area contributed by atoms with E-state index in [1.807, 2.05) is 0 Å². The zero-order chi connectivity index (χ0) is 23.4. The Balaban J connectivity index is 1.15. The Kier molecular flexibility index (Phi) is 4.81. The number of halogens is 1. The van der Waals surface area contributed by atoms with Crippen LogP contribution < -0.4 is 10.2 Å². The number of pyridine rings is 1. The third-order valence-corrected chi connectivity index (χ3v) is 7.41. The van der Waals surface area contributed by atoms with Gasteiger partial charge in [0, 0.05) is 35.1 Å². The summed E-state index contributed by atoms with van der Waals surface area (Å²) in [5.41, 5.74) is 1.45. The number of rotatable bonds is 6. The van der Waals surface area contributed by atoms with Crippen molar-refractivity contribution in [2.75, 3.05) is 31.2 Å². The highest BCUT2D eigenvalue weighted by Gasteiger charge is 2.70. The van der Waals surface area contributed by atoms with Crippen molar-refractivity contribution in [1.29, 1.82) is 5.26 Å². The molecule has 0 bridgehead atoms. The van der Waals surface area contributed by atoms with Gasteiger partial charge in [0.1, 0.15) is 17.3 Å². The standard InChI is InChI=1S/C25H23FN4O4/c26-21-7-16(30-10-17(34-24(30)32)9-29-23(31)14-1-2-14)4-5-18(21)15-3-6-22(28-8-15)25(13-27)19-11-33-12-20(19)25/h3-8,14,17,19-20H,1-2,9-12H2,(H,29,31)/t17-,19?,20?,25?/m0/s1. The Hall–Kier alpha value is -3.51. The smallest absolute Gasteiger partial charge is 0.414 e. The number of nitriles is 1. The van der Waals surface area contributed by atoms with Gasteiger partial charge in [-0.3, -0.25) is 14.7 Å². The van der Waals surface area contributed by atoms with Gasteiger partial charge in [0.05, 0.1) is 43.8 Å². The molecule has 2 amide bonds. The van der Waals surface area contributed by atoms with Crippen molar-refractivity contribution < 1.29 is 23.5 Å². The van der Waals surface area contributed by atoms with Crippen LogP contribution in [0.1, 0.15) is 18.5 Å². The van der Waals surface area contributed by atoms with Crippen molar-refractivity contribution in [2.45, 2.75) is 24.4 Å².